The van der Waals surface area contributed by atoms with Crippen molar-refractivity contribution >= 4 is 40.3 Å². The molecule has 0 aliphatic heterocycles. The molecule has 186 valence electrons. The molecule has 0 fully saturated rings. The molecule has 0 aliphatic rings. The number of ether oxygens (including phenoxy) is 1. The van der Waals surface area contributed by atoms with Gasteiger partial charge in [-0.05, 0) is 36.4 Å². The molecule has 0 aliphatic carbocycles. The average Bonchev–Trinajstić information content (AvgIpc) is 3.25. The van der Waals surface area contributed by atoms with Gasteiger partial charge in [-0.2, -0.15) is 18.3 Å². The molecule has 0 bridgehead atoms. The normalized spacial score (nSPS) is 11.5. The molecular weight excluding hydrogens is 501 g/mol. The third-order valence-electron chi connectivity index (χ3n) is 5.25. The van der Waals surface area contributed by atoms with E-state index >= 15 is 0 Å². The molecule has 3 aromatic heterocycles. The lowest BCUT2D eigenvalue weighted by atomic mass is 10.1. The first-order chi connectivity index (χ1) is 17.1. The topological polar surface area (TPSA) is 124 Å². The Kier molecular flexibility index (Phi) is 6.80. The molecule has 9 nitrogen and oxygen atoms in total. The summed E-state index contributed by atoms with van der Waals surface area (Å²) in [6, 6.07) is 8.54. The van der Waals surface area contributed by atoms with E-state index in [9.17, 15) is 22.8 Å². The van der Waals surface area contributed by atoms with E-state index in [1.165, 1.54) is 19.4 Å². The molecule has 0 saturated carbocycles. The molecule has 13 heteroatoms. The summed E-state index contributed by atoms with van der Waals surface area (Å²) in [5, 5.41) is 6.98. The molecule has 4 rings (SSSR count). The number of methoxy groups -OCH3 is 1. The first-order valence-electron chi connectivity index (χ1n) is 10.4. The fourth-order valence-electron chi connectivity index (χ4n) is 3.55. The van der Waals surface area contributed by atoms with E-state index in [0.29, 0.717) is 10.6 Å². The number of amides is 1. The number of hydrogen-bond acceptors (Lipinski definition) is 7. The van der Waals surface area contributed by atoms with E-state index < -0.39 is 23.2 Å². The minimum atomic E-state index is -4.71. The van der Waals surface area contributed by atoms with Crippen molar-refractivity contribution in [1.29, 1.82) is 0 Å². The number of anilines is 2. The fourth-order valence-corrected chi connectivity index (χ4v) is 3.68. The summed E-state index contributed by atoms with van der Waals surface area (Å²) in [6.07, 6.45) is -2.62. The van der Waals surface area contributed by atoms with Crippen LogP contribution in [0.3, 0.4) is 0 Å². The van der Waals surface area contributed by atoms with Gasteiger partial charge in [0, 0.05) is 35.2 Å². The number of hydrogen-bond donors (Lipinski definition) is 2. The van der Waals surface area contributed by atoms with Gasteiger partial charge in [-0.15, -0.1) is 0 Å². The second kappa shape index (κ2) is 9.82. The van der Waals surface area contributed by atoms with E-state index in [1.807, 2.05) is 0 Å². The van der Waals surface area contributed by atoms with Gasteiger partial charge in [-0.1, -0.05) is 11.6 Å². The van der Waals surface area contributed by atoms with Crippen LogP contribution >= 0.6 is 11.6 Å². The lowest BCUT2D eigenvalue weighted by molar-refractivity contribution is -0.136. The molecule has 0 unspecified atom stereocenters. The van der Waals surface area contributed by atoms with Gasteiger partial charge >= 0.3 is 6.18 Å². The number of halogens is 4. The molecule has 0 spiro atoms. The van der Waals surface area contributed by atoms with Crippen molar-refractivity contribution in [3.8, 4) is 17.1 Å². The van der Waals surface area contributed by atoms with Gasteiger partial charge in [0.15, 0.2) is 11.6 Å². The SMILES string of the molecule is COc1ncc(-c2cc(C(F)(F)F)c3c(N)ncnn23)cc1NC(=O)CCC(=O)c1ccc(Cl)cc1. The summed E-state index contributed by atoms with van der Waals surface area (Å²) in [7, 11) is 1.32. The Morgan fingerprint density at radius 2 is 1.86 bits per heavy atom. The van der Waals surface area contributed by atoms with E-state index in [1.54, 1.807) is 24.3 Å². The van der Waals surface area contributed by atoms with Crippen molar-refractivity contribution in [3.05, 3.63) is 65.1 Å². The fraction of sp³-hybridized carbons (Fsp3) is 0.174. The van der Waals surface area contributed by atoms with E-state index in [4.69, 9.17) is 22.1 Å². The highest BCUT2D eigenvalue weighted by Crippen LogP contribution is 2.39. The van der Waals surface area contributed by atoms with Crippen LogP contribution in [0.2, 0.25) is 5.02 Å². The quantitative estimate of drug-likeness (QED) is 0.341. The number of nitrogens with one attached hydrogen (secondary N) is 1. The van der Waals surface area contributed by atoms with E-state index in [2.05, 4.69) is 20.4 Å². The van der Waals surface area contributed by atoms with Gasteiger partial charge in [0.25, 0.3) is 0 Å². The minimum absolute atomic E-state index is 0.0231. The maximum absolute atomic E-state index is 13.6. The van der Waals surface area contributed by atoms with Crippen LogP contribution in [0.25, 0.3) is 16.8 Å². The molecular formula is C23H18ClF3N6O3. The van der Waals surface area contributed by atoms with Crippen LogP contribution < -0.4 is 15.8 Å². The van der Waals surface area contributed by atoms with E-state index in [-0.39, 0.29) is 47.3 Å². The van der Waals surface area contributed by atoms with Gasteiger partial charge in [0.1, 0.15) is 17.5 Å². The Balaban J connectivity index is 1.60. The second-order valence-electron chi connectivity index (χ2n) is 7.61. The van der Waals surface area contributed by atoms with Crippen LogP contribution in [0.5, 0.6) is 5.88 Å². The van der Waals surface area contributed by atoms with Crippen LogP contribution in [0.1, 0.15) is 28.8 Å². The van der Waals surface area contributed by atoms with E-state index in [0.717, 1.165) is 16.9 Å². The summed E-state index contributed by atoms with van der Waals surface area (Å²) in [5.74, 6) is -1.08. The van der Waals surface area contributed by atoms with Crippen molar-refractivity contribution < 1.29 is 27.5 Å². The highest BCUT2D eigenvalue weighted by atomic mass is 35.5. The first kappa shape index (κ1) is 24.9. The third kappa shape index (κ3) is 5.08. The van der Waals surface area contributed by atoms with Crippen molar-refractivity contribution in [2.75, 3.05) is 18.2 Å². The molecule has 3 N–H and O–H groups in total. The number of benzene rings is 1. The largest absolute Gasteiger partial charge is 0.480 e. The molecule has 0 saturated heterocycles. The summed E-state index contributed by atoms with van der Waals surface area (Å²) < 4.78 is 47.1. The predicted molar refractivity (Wildman–Crippen MR) is 126 cm³/mol. The lowest BCUT2D eigenvalue weighted by Gasteiger charge is -2.11. The number of nitrogens with zero attached hydrogens (tertiary/aromatic N) is 4. The monoisotopic (exact) mass is 518 g/mol. The summed E-state index contributed by atoms with van der Waals surface area (Å²) in [4.78, 5) is 32.6. The molecule has 1 aromatic carbocycles. The number of carbonyl (C=O) groups excluding carboxylic acids is 2. The molecule has 0 atom stereocenters. The van der Waals surface area contributed by atoms with Crippen LogP contribution in [-0.2, 0) is 11.0 Å². The Morgan fingerprint density at radius 3 is 2.53 bits per heavy atom. The zero-order valence-electron chi connectivity index (χ0n) is 18.6. The zero-order chi connectivity index (χ0) is 26.0. The maximum atomic E-state index is 13.6. The standard InChI is InChI=1S/C23H18ClF3N6O3/c1-36-22-16(32-19(35)7-6-18(34)12-2-4-14(24)5-3-12)8-13(10-29-22)17-9-15(23(25,26)27)20-21(28)30-11-31-33(17)20/h2-5,8-11H,6-7H2,1H3,(H,32,35)(H2,28,30,31). The average molecular weight is 519 g/mol. The highest BCUT2D eigenvalue weighted by molar-refractivity contribution is 6.30. The number of aromatic nitrogens is 4. The number of rotatable bonds is 7. The van der Waals surface area contributed by atoms with Crippen LogP contribution in [0.4, 0.5) is 24.7 Å². The molecule has 4 aromatic rings. The second-order valence-corrected chi connectivity index (χ2v) is 8.04. The number of Topliss-reactive ketones (excluding diaryl/α,β-unsaturated/α-hetero) is 1. The number of fused-ring (bicyclic) bond motifs is 1. The van der Waals surface area contributed by atoms with Crippen LogP contribution in [0.15, 0.2) is 48.9 Å². The molecule has 3 heterocycles. The van der Waals surface area contributed by atoms with Crippen molar-refractivity contribution in [3.63, 3.8) is 0 Å². The van der Waals surface area contributed by atoms with Gasteiger partial charge in [0.2, 0.25) is 11.8 Å². The van der Waals surface area contributed by atoms with Gasteiger partial charge in [-0.3, -0.25) is 9.59 Å². The van der Waals surface area contributed by atoms with Gasteiger partial charge in [-0.25, -0.2) is 14.5 Å². The number of alkyl halides is 3. The number of carbonyl (C=O) groups is 2. The van der Waals surface area contributed by atoms with Crippen molar-refractivity contribution in [2.24, 2.45) is 0 Å². The van der Waals surface area contributed by atoms with Crippen LogP contribution in [-0.4, -0.2) is 38.4 Å². The molecule has 36 heavy (non-hydrogen) atoms. The molecule has 1 amide bonds. The Morgan fingerprint density at radius 1 is 1.14 bits per heavy atom. The summed E-state index contributed by atoms with van der Waals surface area (Å²) >= 11 is 5.82. The predicted octanol–water partition coefficient (Wildman–Crippen LogP) is 4.66. The summed E-state index contributed by atoms with van der Waals surface area (Å²) in [5.41, 5.74) is 5.02. The number of ketones is 1. The summed E-state index contributed by atoms with van der Waals surface area (Å²) in [6.45, 7) is 0. The van der Waals surface area contributed by atoms with Crippen LogP contribution in [0, 0.1) is 0 Å². The Hall–Kier alpha value is -4.19. The smallest absolute Gasteiger partial charge is 0.418 e. The van der Waals surface area contributed by atoms with Crippen molar-refractivity contribution in [2.45, 2.75) is 19.0 Å². The Labute approximate surface area is 207 Å². The molecule has 0 radical (unpaired) electrons. The van der Waals surface area contributed by atoms with Gasteiger partial charge in [0.05, 0.1) is 18.4 Å². The zero-order valence-corrected chi connectivity index (χ0v) is 19.4. The van der Waals surface area contributed by atoms with Crippen molar-refractivity contribution in [1.82, 2.24) is 19.6 Å². The number of nitrogens with two attached hydrogens (primary N) is 1. The third-order valence-corrected chi connectivity index (χ3v) is 5.50. The Bertz CT molecular complexity index is 1450. The van der Waals surface area contributed by atoms with Gasteiger partial charge < -0.3 is 15.8 Å². The number of pyridine rings is 1. The number of nitrogen functional groups attached to an aromatic ring is 1. The first-order valence-corrected chi connectivity index (χ1v) is 10.8. The maximum Gasteiger partial charge on any atom is 0.418 e. The highest BCUT2D eigenvalue weighted by Gasteiger charge is 2.36. The minimum Gasteiger partial charge on any atom is -0.480 e. The lowest BCUT2D eigenvalue weighted by Crippen LogP contribution is -2.14.